The average Bonchev–Trinajstić information content (AvgIpc) is 2.86. The van der Waals surface area contributed by atoms with E-state index >= 15 is 0 Å². The van der Waals surface area contributed by atoms with Gasteiger partial charge in [0.05, 0.1) is 19.3 Å². The summed E-state index contributed by atoms with van der Waals surface area (Å²) in [5.74, 6) is 0. The lowest BCUT2D eigenvalue weighted by atomic mass is 9.80. The van der Waals surface area contributed by atoms with E-state index in [-0.39, 0.29) is 6.10 Å². The van der Waals surface area contributed by atoms with Crippen LogP contribution in [0.4, 0.5) is 0 Å². The lowest BCUT2D eigenvalue weighted by molar-refractivity contribution is -0.0630. The Balaban J connectivity index is 1.65. The van der Waals surface area contributed by atoms with Crippen molar-refractivity contribution in [2.45, 2.75) is 25.2 Å². The molecule has 0 saturated carbocycles. The zero-order chi connectivity index (χ0) is 21.4. The smallest absolute Gasteiger partial charge is 0.143 e. The van der Waals surface area contributed by atoms with Gasteiger partial charge in [0, 0.05) is 0 Å². The van der Waals surface area contributed by atoms with E-state index in [1.807, 2.05) is 36.4 Å². The predicted octanol–water partition coefficient (Wildman–Crippen LogP) is 6.60. The molecule has 0 saturated heterocycles. The minimum absolute atomic E-state index is 0.0595. The summed E-state index contributed by atoms with van der Waals surface area (Å²) in [7, 11) is 0. The third-order valence-electron chi connectivity index (χ3n) is 5.45. The molecule has 4 aromatic carbocycles. The molecule has 1 unspecified atom stereocenters. The summed E-state index contributed by atoms with van der Waals surface area (Å²) in [5.41, 5.74) is 3.75. The van der Waals surface area contributed by atoms with E-state index in [9.17, 15) is 0 Å². The van der Waals surface area contributed by atoms with Gasteiger partial charge >= 0.3 is 0 Å². The number of hydrogen-bond donors (Lipinski definition) is 0. The summed E-state index contributed by atoms with van der Waals surface area (Å²) in [6.07, 6.45) is -0.0595. The van der Waals surface area contributed by atoms with E-state index in [1.54, 1.807) is 0 Å². The lowest BCUT2D eigenvalue weighted by Crippen LogP contribution is -2.35. The second-order valence-electron chi connectivity index (χ2n) is 7.70. The van der Waals surface area contributed by atoms with Gasteiger partial charge in [0.1, 0.15) is 5.60 Å². The summed E-state index contributed by atoms with van der Waals surface area (Å²) in [6, 6.07) is 41.5. The van der Waals surface area contributed by atoms with Crippen LogP contribution in [0.5, 0.6) is 0 Å². The van der Waals surface area contributed by atoms with Crippen LogP contribution in [0.1, 0.15) is 29.2 Å². The Labute approximate surface area is 185 Å². The van der Waals surface area contributed by atoms with E-state index in [0.717, 1.165) is 22.3 Å². The van der Waals surface area contributed by atoms with Crippen LogP contribution in [0.3, 0.4) is 0 Å². The van der Waals surface area contributed by atoms with Gasteiger partial charge in [-0.3, -0.25) is 0 Å². The molecular formula is C29H28O2. The topological polar surface area (TPSA) is 18.5 Å². The Morgan fingerprint density at radius 2 is 0.968 bits per heavy atom. The van der Waals surface area contributed by atoms with Crippen LogP contribution in [0, 0.1) is 0 Å². The van der Waals surface area contributed by atoms with E-state index in [2.05, 4.69) is 91.9 Å². The number of hydrogen-bond acceptors (Lipinski definition) is 2. The maximum absolute atomic E-state index is 6.81. The highest BCUT2D eigenvalue weighted by atomic mass is 16.5. The molecule has 2 nitrogen and oxygen atoms in total. The molecule has 0 amide bonds. The van der Waals surface area contributed by atoms with Crippen LogP contribution in [-0.4, -0.2) is 12.7 Å². The summed E-state index contributed by atoms with van der Waals surface area (Å²) >= 11 is 0. The standard InChI is InChI=1S/C29H28O2/c1-24(30-23-25-14-6-2-7-15-25)22-31-29(26-16-8-3-9-17-26,27-18-10-4-11-19-27)28-20-12-5-13-21-28/h2-21,24H,22-23H2,1H3. The van der Waals surface area contributed by atoms with E-state index < -0.39 is 5.60 Å². The van der Waals surface area contributed by atoms with Crippen LogP contribution >= 0.6 is 0 Å². The summed E-state index contributed by atoms with van der Waals surface area (Å²) in [5, 5.41) is 0. The molecule has 0 bridgehead atoms. The van der Waals surface area contributed by atoms with Crippen LogP contribution in [0.2, 0.25) is 0 Å². The van der Waals surface area contributed by atoms with Gasteiger partial charge in [0.15, 0.2) is 0 Å². The van der Waals surface area contributed by atoms with Gasteiger partial charge in [-0.15, -0.1) is 0 Å². The second kappa shape index (κ2) is 10.2. The van der Waals surface area contributed by atoms with Gasteiger partial charge in [-0.25, -0.2) is 0 Å². The van der Waals surface area contributed by atoms with Gasteiger partial charge < -0.3 is 9.47 Å². The van der Waals surface area contributed by atoms with E-state index in [4.69, 9.17) is 9.47 Å². The van der Waals surface area contributed by atoms with Crippen LogP contribution in [0.15, 0.2) is 121 Å². The van der Waals surface area contributed by atoms with Crippen molar-refractivity contribution in [2.24, 2.45) is 0 Å². The van der Waals surface area contributed by atoms with Gasteiger partial charge in [-0.05, 0) is 29.2 Å². The fourth-order valence-electron chi connectivity index (χ4n) is 3.87. The molecule has 4 aromatic rings. The molecular weight excluding hydrogens is 380 g/mol. The zero-order valence-corrected chi connectivity index (χ0v) is 17.9. The first-order chi connectivity index (χ1) is 15.3. The quantitative estimate of drug-likeness (QED) is 0.291. The third-order valence-corrected chi connectivity index (χ3v) is 5.45. The minimum Gasteiger partial charge on any atom is -0.371 e. The van der Waals surface area contributed by atoms with Crippen molar-refractivity contribution in [2.75, 3.05) is 6.61 Å². The molecule has 0 aliphatic heterocycles. The van der Waals surface area contributed by atoms with Crippen molar-refractivity contribution in [1.29, 1.82) is 0 Å². The molecule has 0 aliphatic carbocycles. The highest BCUT2D eigenvalue weighted by Crippen LogP contribution is 2.40. The Morgan fingerprint density at radius 3 is 1.39 bits per heavy atom. The number of benzene rings is 4. The monoisotopic (exact) mass is 408 g/mol. The van der Waals surface area contributed by atoms with Crippen LogP contribution in [0.25, 0.3) is 0 Å². The van der Waals surface area contributed by atoms with E-state index in [1.165, 1.54) is 0 Å². The Bertz CT molecular complexity index is 934. The van der Waals surface area contributed by atoms with Crippen molar-refractivity contribution < 1.29 is 9.47 Å². The summed E-state index contributed by atoms with van der Waals surface area (Å²) < 4.78 is 12.9. The largest absolute Gasteiger partial charge is 0.371 e. The molecule has 0 heterocycles. The number of ether oxygens (including phenoxy) is 2. The highest BCUT2D eigenvalue weighted by molar-refractivity contribution is 5.47. The summed E-state index contributed by atoms with van der Waals surface area (Å²) in [6.45, 7) is 3.10. The molecule has 0 fully saturated rings. The molecule has 0 radical (unpaired) electrons. The first-order valence-corrected chi connectivity index (χ1v) is 10.7. The predicted molar refractivity (Wildman–Crippen MR) is 126 cm³/mol. The Kier molecular flexibility index (Phi) is 6.93. The Morgan fingerprint density at radius 1 is 0.581 bits per heavy atom. The van der Waals surface area contributed by atoms with Crippen molar-refractivity contribution in [1.82, 2.24) is 0 Å². The third kappa shape index (κ3) is 4.93. The molecule has 0 N–H and O–H groups in total. The first kappa shape index (κ1) is 21.0. The number of rotatable bonds is 9. The Hall–Kier alpha value is -3.20. The van der Waals surface area contributed by atoms with Crippen molar-refractivity contribution in [3.8, 4) is 0 Å². The van der Waals surface area contributed by atoms with Crippen molar-refractivity contribution in [3.63, 3.8) is 0 Å². The zero-order valence-electron chi connectivity index (χ0n) is 17.9. The molecule has 2 heteroatoms. The van der Waals surface area contributed by atoms with Crippen LogP contribution in [-0.2, 0) is 21.7 Å². The van der Waals surface area contributed by atoms with E-state index in [0.29, 0.717) is 13.2 Å². The van der Waals surface area contributed by atoms with Gasteiger partial charge in [0.2, 0.25) is 0 Å². The fraction of sp³-hybridized carbons (Fsp3) is 0.172. The molecule has 4 rings (SSSR count). The SMILES string of the molecule is CC(COC(c1ccccc1)(c1ccccc1)c1ccccc1)OCc1ccccc1. The molecule has 0 aromatic heterocycles. The normalized spacial score (nSPS) is 12.4. The van der Waals surface area contributed by atoms with Crippen molar-refractivity contribution in [3.05, 3.63) is 144 Å². The molecule has 0 aliphatic rings. The summed E-state index contributed by atoms with van der Waals surface area (Å²) in [4.78, 5) is 0. The minimum atomic E-state index is -0.714. The maximum atomic E-state index is 6.81. The van der Waals surface area contributed by atoms with Gasteiger partial charge in [-0.1, -0.05) is 121 Å². The molecule has 156 valence electrons. The highest BCUT2D eigenvalue weighted by Gasteiger charge is 2.37. The maximum Gasteiger partial charge on any atom is 0.143 e. The van der Waals surface area contributed by atoms with Gasteiger partial charge in [-0.2, -0.15) is 0 Å². The molecule has 31 heavy (non-hydrogen) atoms. The first-order valence-electron chi connectivity index (χ1n) is 10.7. The van der Waals surface area contributed by atoms with Crippen molar-refractivity contribution >= 4 is 0 Å². The molecule has 1 atom stereocenters. The lowest BCUT2D eigenvalue weighted by Gasteiger charge is -2.36. The average molecular weight is 409 g/mol. The molecule has 0 spiro atoms. The fourth-order valence-corrected chi connectivity index (χ4v) is 3.87. The second-order valence-corrected chi connectivity index (χ2v) is 7.70. The van der Waals surface area contributed by atoms with Crippen LogP contribution < -0.4 is 0 Å². The van der Waals surface area contributed by atoms with Gasteiger partial charge in [0.25, 0.3) is 0 Å².